The SMILES string of the molecule is CCCCNC(=O)C(C)N(Cc1cccc(OC)c1)C(=O)CN(c1ccc(Br)c(C)c1)S(C)(=O)=O. The molecule has 0 aliphatic carbocycles. The van der Waals surface area contributed by atoms with Crippen molar-refractivity contribution in [3.63, 3.8) is 0 Å². The predicted octanol–water partition coefficient (Wildman–Crippen LogP) is 3.87. The van der Waals surface area contributed by atoms with Gasteiger partial charge < -0.3 is 15.0 Å². The number of hydrogen-bond acceptors (Lipinski definition) is 5. The van der Waals surface area contributed by atoms with Crippen molar-refractivity contribution in [1.29, 1.82) is 0 Å². The number of nitrogens with one attached hydrogen (secondary N) is 1. The second kappa shape index (κ2) is 12.9. The largest absolute Gasteiger partial charge is 0.497 e. The van der Waals surface area contributed by atoms with Gasteiger partial charge >= 0.3 is 0 Å². The minimum Gasteiger partial charge on any atom is -0.497 e. The van der Waals surface area contributed by atoms with Crippen LogP contribution in [0.1, 0.15) is 37.8 Å². The zero-order valence-electron chi connectivity index (χ0n) is 20.9. The number of hydrogen-bond donors (Lipinski definition) is 1. The quantitative estimate of drug-likeness (QED) is 0.393. The first kappa shape index (κ1) is 28.6. The van der Waals surface area contributed by atoms with Crippen molar-refractivity contribution >= 4 is 43.5 Å². The van der Waals surface area contributed by atoms with Crippen molar-refractivity contribution in [2.24, 2.45) is 0 Å². The zero-order chi connectivity index (χ0) is 26.2. The maximum absolute atomic E-state index is 13.6. The lowest BCUT2D eigenvalue weighted by Gasteiger charge is -2.31. The van der Waals surface area contributed by atoms with Crippen LogP contribution in [0.5, 0.6) is 5.75 Å². The van der Waals surface area contributed by atoms with Crippen LogP contribution in [-0.2, 0) is 26.2 Å². The third-order valence-electron chi connectivity index (χ3n) is 5.59. The fourth-order valence-electron chi connectivity index (χ4n) is 3.48. The van der Waals surface area contributed by atoms with Crippen LogP contribution >= 0.6 is 15.9 Å². The van der Waals surface area contributed by atoms with E-state index in [1.54, 1.807) is 50.4 Å². The van der Waals surface area contributed by atoms with Gasteiger partial charge in [-0.3, -0.25) is 13.9 Å². The number of carbonyl (C=O) groups excluding carboxylic acids is 2. The molecule has 2 aromatic carbocycles. The van der Waals surface area contributed by atoms with Crippen molar-refractivity contribution in [3.8, 4) is 5.75 Å². The monoisotopic (exact) mass is 567 g/mol. The van der Waals surface area contributed by atoms with E-state index in [2.05, 4.69) is 21.2 Å². The van der Waals surface area contributed by atoms with Gasteiger partial charge in [-0.2, -0.15) is 0 Å². The van der Waals surface area contributed by atoms with Crippen molar-refractivity contribution in [2.75, 3.05) is 30.8 Å². The Bertz CT molecular complexity index is 1140. The van der Waals surface area contributed by atoms with Crippen LogP contribution in [0.3, 0.4) is 0 Å². The lowest BCUT2D eigenvalue weighted by atomic mass is 10.1. The van der Waals surface area contributed by atoms with Gasteiger partial charge in [-0.25, -0.2) is 8.42 Å². The highest BCUT2D eigenvalue weighted by molar-refractivity contribution is 9.10. The summed E-state index contributed by atoms with van der Waals surface area (Å²) in [5.41, 5.74) is 1.97. The molecule has 1 N–H and O–H groups in total. The lowest BCUT2D eigenvalue weighted by Crippen LogP contribution is -2.51. The summed E-state index contributed by atoms with van der Waals surface area (Å²) in [6.45, 7) is 5.71. The number of aryl methyl sites for hydroxylation is 1. The van der Waals surface area contributed by atoms with Crippen molar-refractivity contribution in [2.45, 2.75) is 46.2 Å². The second-order valence-corrected chi connectivity index (χ2v) is 11.2. The maximum atomic E-state index is 13.6. The van der Waals surface area contributed by atoms with E-state index in [1.807, 2.05) is 19.9 Å². The van der Waals surface area contributed by atoms with Gasteiger partial charge in [0.2, 0.25) is 21.8 Å². The van der Waals surface area contributed by atoms with Gasteiger partial charge in [-0.1, -0.05) is 41.4 Å². The van der Waals surface area contributed by atoms with Crippen LogP contribution in [0, 0.1) is 6.92 Å². The Morgan fingerprint density at radius 3 is 2.49 bits per heavy atom. The summed E-state index contributed by atoms with van der Waals surface area (Å²) in [4.78, 5) is 27.8. The Morgan fingerprint density at radius 1 is 1.17 bits per heavy atom. The molecular formula is C25H34BrN3O5S. The normalized spacial score (nSPS) is 12.1. The average Bonchev–Trinajstić information content (AvgIpc) is 2.81. The molecule has 10 heteroatoms. The summed E-state index contributed by atoms with van der Waals surface area (Å²) in [5.74, 6) is -0.157. The third-order valence-corrected chi connectivity index (χ3v) is 7.62. The van der Waals surface area contributed by atoms with Crippen molar-refractivity contribution < 1.29 is 22.7 Å². The van der Waals surface area contributed by atoms with Gasteiger partial charge in [-0.05, 0) is 61.7 Å². The van der Waals surface area contributed by atoms with Crippen molar-refractivity contribution in [3.05, 3.63) is 58.1 Å². The molecule has 8 nitrogen and oxygen atoms in total. The van der Waals surface area contributed by atoms with Gasteiger partial charge in [0.1, 0.15) is 18.3 Å². The second-order valence-electron chi connectivity index (χ2n) is 8.40. The smallest absolute Gasteiger partial charge is 0.244 e. The van der Waals surface area contributed by atoms with E-state index in [1.165, 1.54) is 4.90 Å². The van der Waals surface area contributed by atoms with Gasteiger partial charge in [-0.15, -0.1) is 0 Å². The summed E-state index contributed by atoms with van der Waals surface area (Å²) < 4.78 is 32.5. The predicted molar refractivity (Wildman–Crippen MR) is 142 cm³/mol. The van der Waals surface area contributed by atoms with Gasteiger partial charge in [0.15, 0.2) is 0 Å². The third kappa shape index (κ3) is 8.24. The maximum Gasteiger partial charge on any atom is 0.244 e. The van der Waals surface area contributed by atoms with E-state index in [0.29, 0.717) is 18.0 Å². The lowest BCUT2D eigenvalue weighted by molar-refractivity contribution is -0.139. The standard InChI is InChI=1S/C25H34BrN3O5S/c1-6-7-13-27-25(31)19(3)28(16-20-9-8-10-22(15-20)34-4)24(30)17-29(35(5,32)33)21-11-12-23(26)18(2)14-21/h8-12,14-15,19H,6-7,13,16-17H2,1-5H3,(H,27,31). The van der Waals surface area contributed by atoms with Gasteiger partial charge in [0, 0.05) is 17.6 Å². The molecule has 35 heavy (non-hydrogen) atoms. The van der Waals surface area contributed by atoms with Crippen LogP contribution in [0.4, 0.5) is 5.69 Å². The Kier molecular flexibility index (Phi) is 10.6. The Balaban J connectivity index is 2.38. The highest BCUT2D eigenvalue weighted by atomic mass is 79.9. The van der Waals surface area contributed by atoms with Gasteiger partial charge in [0.05, 0.1) is 19.1 Å². The molecule has 1 atom stereocenters. The van der Waals surface area contributed by atoms with Crippen LogP contribution in [0.15, 0.2) is 46.9 Å². The van der Waals surface area contributed by atoms with Crippen LogP contribution in [0.25, 0.3) is 0 Å². The molecule has 0 saturated carbocycles. The van der Waals surface area contributed by atoms with E-state index in [-0.39, 0.29) is 12.5 Å². The molecule has 0 radical (unpaired) electrons. The number of ether oxygens (including phenoxy) is 1. The summed E-state index contributed by atoms with van der Waals surface area (Å²) in [6.07, 6.45) is 2.81. The topological polar surface area (TPSA) is 96.0 Å². The molecule has 2 aromatic rings. The van der Waals surface area contributed by atoms with Crippen LogP contribution in [-0.4, -0.2) is 57.6 Å². The molecule has 0 aromatic heterocycles. The number of halogens is 1. The number of carbonyl (C=O) groups is 2. The molecule has 2 amide bonds. The van der Waals surface area contributed by atoms with Crippen molar-refractivity contribution in [1.82, 2.24) is 10.2 Å². The number of nitrogens with zero attached hydrogens (tertiary/aromatic N) is 2. The Labute approximate surface area is 216 Å². The summed E-state index contributed by atoms with van der Waals surface area (Å²) in [6, 6.07) is 11.5. The van der Waals surface area contributed by atoms with Crippen LogP contribution < -0.4 is 14.4 Å². The number of unbranched alkanes of at least 4 members (excludes halogenated alkanes) is 1. The molecule has 1 unspecified atom stereocenters. The summed E-state index contributed by atoms with van der Waals surface area (Å²) >= 11 is 3.41. The molecule has 192 valence electrons. The first-order valence-electron chi connectivity index (χ1n) is 11.4. The number of amides is 2. The van der Waals surface area contributed by atoms with E-state index in [9.17, 15) is 18.0 Å². The molecule has 0 aliphatic rings. The molecule has 2 rings (SSSR count). The highest BCUT2D eigenvalue weighted by Gasteiger charge is 2.30. The first-order valence-corrected chi connectivity index (χ1v) is 14.1. The molecule has 0 aliphatic heterocycles. The fourth-order valence-corrected chi connectivity index (χ4v) is 4.57. The molecular weight excluding hydrogens is 534 g/mol. The van der Waals surface area contributed by atoms with E-state index in [4.69, 9.17) is 4.74 Å². The summed E-state index contributed by atoms with van der Waals surface area (Å²) in [5, 5.41) is 2.86. The fraction of sp³-hybridized carbons (Fsp3) is 0.440. The number of sulfonamides is 1. The number of rotatable bonds is 12. The molecule has 0 saturated heterocycles. The molecule has 0 bridgehead atoms. The minimum absolute atomic E-state index is 0.120. The zero-order valence-corrected chi connectivity index (χ0v) is 23.3. The molecule has 0 fully saturated rings. The molecule has 0 spiro atoms. The minimum atomic E-state index is -3.77. The van der Waals surface area contributed by atoms with E-state index < -0.39 is 28.5 Å². The van der Waals surface area contributed by atoms with Crippen LogP contribution in [0.2, 0.25) is 0 Å². The van der Waals surface area contributed by atoms with E-state index in [0.717, 1.165) is 39.0 Å². The number of methoxy groups -OCH3 is 1. The number of benzene rings is 2. The number of anilines is 1. The van der Waals surface area contributed by atoms with E-state index >= 15 is 0 Å². The molecule has 0 heterocycles. The van der Waals surface area contributed by atoms with Gasteiger partial charge in [0.25, 0.3) is 0 Å². The Hall–Kier alpha value is -2.59. The Morgan fingerprint density at radius 2 is 1.89 bits per heavy atom. The first-order chi connectivity index (χ1) is 16.5. The average molecular weight is 569 g/mol. The highest BCUT2D eigenvalue weighted by Crippen LogP contribution is 2.25. The summed E-state index contributed by atoms with van der Waals surface area (Å²) in [7, 11) is -2.22.